The SMILES string of the molecule is Cc1cc(SCC(=O)NCc2ccccc2)nc(C)n1. The number of amides is 1. The topological polar surface area (TPSA) is 54.9 Å². The van der Waals surface area contributed by atoms with Gasteiger partial charge in [0, 0.05) is 12.2 Å². The predicted octanol–water partition coefficient (Wildman–Crippen LogP) is 2.50. The summed E-state index contributed by atoms with van der Waals surface area (Å²) in [5, 5.41) is 3.73. The molecule has 1 aromatic heterocycles. The molecule has 2 aromatic rings. The Morgan fingerprint density at radius 1 is 1.20 bits per heavy atom. The average Bonchev–Trinajstić information content (AvgIpc) is 2.43. The summed E-state index contributed by atoms with van der Waals surface area (Å²) in [6.45, 7) is 4.34. The predicted molar refractivity (Wildman–Crippen MR) is 80.5 cm³/mol. The van der Waals surface area contributed by atoms with Crippen molar-refractivity contribution in [2.45, 2.75) is 25.4 Å². The van der Waals surface area contributed by atoms with E-state index in [1.165, 1.54) is 11.8 Å². The summed E-state index contributed by atoms with van der Waals surface area (Å²) in [6.07, 6.45) is 0. The molecular formula is C15H17N3OS. The maximum atomic E-state index is 11.8. The van der Waals surface area contributed by atoms with E-state index in [1.54, 1.807) is 0 Å². The first-order valence-electron chi connectivity index (χ1n) is 6.39. The van der Waals surface area contributed by atoms with E-state index in [4.69, 9.17) is 0 Å². The highest BCUT2D eigenvalue weighted by atomic mass is 32.2. The van der Waals surface area contributed by atoms with E-state index in [1.807, 2.05) is 50.2 Å². The fraction of sp³-hybridized carbons (Fsp3) is 0.267. The van der Waals surface area contributed by atoms with Crippen LogP contribution in [0.25, 0.3) is 0 Å². The van der Waals surface area contributed by atoms with E-state index in [0.717, 1.165) is 22.1 Å². The van der Waals surface area contributed by atoms with Gasteiger partial charge in [0.25, 0.3) is 0 Å². The first-order valence-corrected chi connectivity index (χ1v) is 7.38. The first-order chi connectivity index (χ1) is 9.63. The molecule has 1 heterocycles. The van der Waals surface area contributed by atoms with Crippen molar-refractivity contribution in [2.75, 3.05) is 5.75 Å². The molecule has 0 atom stereocenters. The fourth-order valence-corrected chi connectivity index (χ4v) is 2.58. The van der Waals surface area contributed by atoms with Gasteiger partial charge >= 0.3 is 0 Å². The van der Waals surface area contributed by atoms with Gasteiger partial charge in [0.15, 0.2) is 0 Å². The molecule has 4 nitrogen and oxygen atoms in total. The third-order valence-corrected chi connectivity index (χ3v) is 3.54. The second-order valence-corrected chi connectivity index (χ2v) is 5.44. The number of carbonyl (C=O) groups excluding carboxylic acids is 1. The molecule has 1 amide bonds. The number of nitrogens with one attached hydrogen (secondary N) is 1. The van der Waals surface area contributed by atoms with Crippen LogP contribution in [0, 0.1) is 13.8 Å². The number of hydrogen-bond donors (Lipinski definition) is 1. The van der Waals surface area contributed by atoms with Crippen molar-refractivity contribution in [3.63, 3.8) is 0 Å². The van der Waals surface area contributed by atoms with Crippen molar-refractivity contribution in [1.82, 2.24) is 15.3 Å². The Balaban J connectivity index is 1.80. The quantitative estimate of drug-likeness (QED) is 0.678. The van der Waals surface area contributed by atoms with E-state index in [-0.39, 0.29) is 5.91 Å². The minimum Gasteiger partial charge on any atom is -0.351 e. The van der Waals surface area contributed by atoms with Gasteiger partial charge < -0.3 is 5.32 Å². The van der Waals surface area contributed by atoms with Crippen LogP contribution >= 0.6 is 11.8 Å². The van der Waals surface area contributed by atoms with Crippen molar-refractivity contribution < 1.29 is 4.79 Å². The van der Waals surface area contributed by atoms with Crippen molar-refractivity contribution in [3.8, 4) is 0 Å². The van der Waals surface area contributed by atoms with Crippen molar-refractivity contribution in [3.05, 3.63) is 53.5 Å². The second kappa shape index (κ2) is 7.05. The molecule has 0 saturated heterocycles. The third kappa shape index (κ3) is 4.66. The summed E-state index contributed by atoms with van der Waals surface area (Å²) < 4.78 is 0. The molecule has 0 radical (unpaired) electrons. The lowest BCUT2D eigenvalue weighted by Gasteiger charge is -2.05. The van der Waals surface area contributed by atoms with Crippen LogP contribution < -0.4 is 5.32 Å². The number of nitrogens with zero attached hydrogens (tertiary/aromatic N) is 2. The molecule has 2 rings (SSSR count). The number of rotatable bonds is 5. The minimum absolute atomic E-state index is 0.00720. The number of aryl methyl sites for hydroxylation is 2. The molecule has 0 unspecified atom stereocenters. The molecule has 0 bridgehead atoms. The van der Waals surface area contributed by atoms with Crippen molar-refractivity contribution in [2.24, 2.45) is 0 Å². The summed E-state index contributed by atoms with van der Waals surface area (Å²) in [4.78, 5) is 20.3. The Kier molecular flexibility index (Phi) is 5.12. The Labute approximate surface area is 123 Å². The number of benzene rings is 1. The van der Waals surface area contributed by atoms with Gasteiger partial charge in [0.2, 0.25) is 5.91 Å². The van der Waals surface area contributed by atoms with E-state index >= 15 is 0 Å². The Bertz CT molecular complexity index is 567. The van der Waals surface area contributed by atoms with Crippen LogP contribution in [0.4, 0.5) is 0 Å². The van der Waals surface area contributed by atoms with Gasteiger partial charge in [-0.15, -0.1) is 0 Å². The Morgan fingerprint density at radius 2 is 1.95 bits per heavy atom. The van der Waals surface area contributed by atoms with Gasteiger partial charge in [0.05, 0.1) is 5.75 Å². The van der Waals surface area contributed by atoms with E-state index in [2.05, 4.69) is 15.3 Å². The van der Waals surface area contributed by atoms with Crippen molar-refractivity contribution >= 4 is 17.7 Å². The smallest absolute Gasteiger partial charge is 0.230 e. The van der Waals surface area contributed by atoms with Crippen LogP contribution in [0.15, 0.2) is 41.4 Å². The highest BCUT2D eigenvalue weighted by Crippen LogP contribution is 2.15. The summed E-state index contributed by atoms with van der Waals surface area (Å²) in [7, 11) is 0. The fourth-order valence-electron chi connectivity index (χ4n) is 1.74. The average molecular weight is 287 g/mol. The number of carbonyl (C=O) groups is 1. The van der Waals surface area contributed by atoms with Gasteiger partial charge in [-0.1, -0.05) is 42.1 Å². The molecule has 0 saturated carbocycles. The molecule has 1 aromatic carbocycles. The zero-order chi connectivity index (χ0) is 14.4. The van der Waals surface area contributed by atoms with E-state index in [0.29, 0.717) is 12.3 Å². The van der Waals surface area contributed by atoms with E-state index in [9.17, 15) is 4.79 Å². The lowest BCUT2D eigenvalue weighted by Crippen LogP contribution is -2.24. The summed E-state index contributed by atoms with van der Waals surface area (Å²) in [5.41, 5.74) is 2.02. The highest BCUT2D eigenvalue weighted by Gasteiger charge is 2.05. The van der Waals surface area contributed by atoms with Gasteiger partial charge in [-0.3, -0.25) is 4.79 Å². The molecule has 20 heavy (non-hydrogen) atoms. The van der Waals surface area contributed by atoms with Crippen LogP contribution in [0.1, 0.15) is 17.1 Å². The molecule has 0 aliphatic rings. The number of aromatic nitrogens is 2. The Morgan fingerprint density at radius 3 is 2.65 bits per heavy atom. The second-order valence-electron chi connectivity index (χ2n) is 4.45. The zero-order valence-electron chi connectivity index (χ0n) is 11.6. The minimum atomic E-state index is 0.00720. The van der Waals surface area contributed by atoms with Crippen LogP contribution in [-0.4, -0.2) is 21.6 Å². The highest BCUT2D eigenvalue weighted by molar-refractivity contribution is 7.99. The molecule has 104 valence electrons. The lowest BCUT2D eigenvalue weighted by atomic mass is 10.2. The molecule has 0 fully saturated rings. The van der Waals surface area contributed by atoms with Crippen LogP contribution in [-0.2, 0) is 11.3 Å². The van der Waals surface area contributed by atoms with Crippen LogP contribution in [0.3, 0.4) is 0 Å². The van der Waals surface area contributed by atoms with Crippen molar-refractivity contribution in [1.29, 1.82) is 0 Å². The molecule has 0 aliphatic carbocycles. The van der Waals surface area contributed by atoms with Gasteiger partial charge in [-0.25, -0.2) is 9.97 Å². The van der Waals surface area contributed by atoms with Crippen LogP contribution in [0.2, 0.25) is 0 Å². The van der Waals surface area contributed by atoms with Crippen LogP contribution in [0.5, 0.6) is 0 Å². The molecule has 5 heteroatoms. The van der Waals surface area contributed by atoms with E-state index < -0.39 is 0 Å². The molecule has 0 spiro atoms. The van der Waals surface area contributed by atoms with Gasteiger partial charge in [-0.05, 0) is 25.5 Å². The maximum absolute atomic E-state index is 11.8. The third-order valence-electron chi connectivity index (χ3n) is 2.63. The number of hydrogen-bond acceptors (Lipinski definition) is 4. The zero-order valence-corrected chi connectivity index (χ0v) is 12.4. The Hall–Kier alpha value is -1.88. The normalized spacial score (nSPS) is 10.3. The summed E-state index contributed by atoms with van der Waals surface area (Å²) in [6, 6.07) is 11.8. The maximum Gasteiger partial charge on any atom is 0.230 e. The number of thioether (sulfide) groups is 1. The monoisotopic (exact) mass is 287 g/mol. The summed E-state index contributed by atoms with van der Waals surface area (Å²) in [5.74, 6) is 1.10. The largest absolute Gasteiger partial charge is 0.351 e. The van der Waals surface area contributed by atoms with Gasteiger partial charge in [-0.2, -0.15) is 0 Å². The molecule has 0 aliphatic heterocycles. The lowest BCUT2D eigenvalue weighted by molar-refractivity contribution is -0.118. The molecule has 1 N–H and O–H groups in total. The molecular weight excluding hydrogens is 270 g/mol. The summed E-state index contributed by atoms with van der Waals surface area (Å²) >= 11 is 1.43. The van der Waals surface area contributed by atoms with Gasteiger partial charge in [0.1, 0.15) is 10.9 Å². The standard InChI is InChI=1S/C15H17N3OS/c1-11-8-15(18-12(2)17-11)20-10-14(19)16-9-13-6-4-3-5-7-13/h3-8H,9-10H2,1-2H3,(H,16,19). The first kappa shape index (κ1) is 14.5.